The number of hydrogen-bond donors (Lipinski definition) is 1. The Morgan fingerprint density at radius 1 is 1.29 bits per heavy atom. The number of carboxylic acid groups (broad SMARTS) is 1. The number of ether oxygens (including phenoxy) is 2. The van der Waals surface area contributed by atoms with Gasteiger partial charge in [-0.15, -0.1) is 0 Å². The first-order valence-corrected chi connectivity index (χ1v) is 5.71. The van der Waals surface area contributed by atoms with Gasteiger partial charge in [0.15, 0.2) is 11.5 Å². The molecule has 0 saturated heterocycles. The Bertz CT molecular complexity index is 684. The molecule has 8 heteroatoms. The molecule has 2 aromatic rings. The Kier molecular flexibility index (Phi) is 3.98. The van der Waals surface area contributed by atoms with E-state index in [0.29, 0.717) is 0 Å². The van der Waals surface area contributed by atoms with E-state index in [1.807, 2.05) is 0 Å². The number of aromatic nitrogens is 1. The van der Waals surface area contributed by atoms with Crippen molar-refractivity contribution >= 4 is 11.7 Å². The Balaban J connectivity index is 2.26. The van der Waals surface area contributed by atoms with Gasteiger partial charge in [-0.05, 0) is 12.1 Å². The molecule has 108 valence electrons. The van der Waals surface area contributed by atoms with Crippen LogP contribution < -0.4 is 9.47 Å². The Morgan fingerprint density at radius 2 is 2.05 bits per heavy atom. The van der Waals surface area contributed by atoms with Gasteiger partial charge in [-0.1, -0.05) is 0 Å². The lowest BCUT2D eigenvalue weighted by Crippen LogP contribution is -1.98. The van der Waals surface area contributed by atoms with E-state index in [4.69, 9.17) is 14.6 Å². The molecule has 0 aliphatic carbocycles. The minimum Gasteiger partial charge on any atom is -0.493 e. The third kappa shape index (κ3) is 3.24. The predicted octanol–water partition coefficient (Wildman–Crippen LogP) is 2.49. The largest absolute Gasteiger partial charge is 0.493 e. The molecule has 1 heterocycles. The van der Waals surface area contributed by atoms with Crippen LogP contribution in [0.2, 0.25) is 0 Å². The SMILES string of the molecule is COc1cc([N+](=O)[O-])ccc1Oc1ccc(C(=O)O)cn1. The summed E-state index contributed by atoms with van der Waals surface area (Å²) in [4.78, 5) is 24.7. The second-order valence-corrected chi connectivity index (χ2v) is 3.88. The van der Waals surface area contributed by atoms with E-state index < -0.39 is 10.9 Å². The van der Waals surface area contributed by atoms with Gasteiger partial charge in [-0.3, -0.25) is 10.1 Å². The van der Waals surface area contributed by atoms with E-state index in [1.165, 1.54) is 37.4 Å². The summed E-state index contributed by atoms with van der Waals surface area (Å²) in [7, 11) is 1.35. The standard InChI is InChI=1S/C13H10N2O6/c1-20-11-6-9(15(18)19)3-4-10(11)21-12-5-2-8(7-14-12)13(16)17/h2-7H,1H3,(H,16,17). The Hall–Kier alpha value is -3.16. The summed E-state index contributed by atoms with van der Waals surface area (Å²) < 4.78 is 10.4. The molecule has 0 atom stereocenters. The van der Waals surface area contributed by atoms with Crippen LogP contribution in [0, 0.1) is 10.1 Å². The molecule has 0 aliphatic rings. The van der Waals surface area contributed by atoms with Crippen LogP contribution in [-0.2, 0) is 0 Å². The minimum atomic E-state index is -1.10. The molecule has 0 aliphatic heterocycles. The van der Waals surface area contributed by atoms with Crippen molar-refractivity contribution in [3.05, 3.63) is 52.2 Å². The van der Waals surface area contributed by atoms with Crippen molar-refractivity contribution in [3.63, 3.8) is 0 Å². The molecule has 21 heavy (non-hydrogen) atoms. The molecule has 0 spiro atoms. The van der Waals surface area contributed by atoms with Crippen molar-refractivity contribution in [2.24, 2.45) is 0 Å². The topological polar surface area (TPSA) is 112 Å². The highest BCUT2D eigenvalue weighted by Crippen LogP contribution is 2.33. The van der Waals surface area contributed by atoms with Gasteiger partial charge in [0.05, 0.1) is 23.7 Å². The highest BCUT2D eigenvalue weighted by molar-refractivity contribution is 5.87. The maximum Gasteiger partial charge on any atom is 0.337 e. The third-order valence-corrected chi connectivity index (χ3v) is 2.56. The average molecular weight is 290 g/mol. The number of pyridine rings is 1. The van der Waals surface area contributed by atoms with E-state index in [0.717, 1.165) is 6.20 Å². The molecule has 0 radical (unpaired) electrons. The number of nitro benzene ring substituents is 1. The van der Waals surface area contributed by atoms with E-state index >= 15 is 0 Å². The van der Waals surface area contributed by atoms with E-state index in [2.05, 4.69) is 4.98 Å². The molecular formula is C13H10N2O6. The van der Waals surface area contributed by atoms with Gasteiger partial charge >= 0.3 is 5.97 Å². The number of benzene rings is 1. The third-order valence-electron chi connectivity index (χ3n) is 2.56. The molecular weight excluding hydrogens is 280 g/mol. The van der Waals surface area contributed by atoms with Gasteiger partial charge < -0.3 is 14.6 Å². The number of nitro groups is 1. The van der Waals surface area contributed by atoms with Crippen molar-refractivity contribution in [1.29, 1.82) is 0 Å². The van der Waals surface area contributed by atoms with Crippen molar-refractivity contribution < 1.29 is 24.3 Å². The second-order valence-electron chi connectivity index (χ2n) is 3.88. The summed E-state index contributed by atoms with van der Waals surface area (Å²) in [5.41, 5.74) is -0.105. The number of carboxylic acids is 1. The highest BCUT2D eigenvalue weighted by Gasteiger charge is 2.13. The van der Waals surface area contributed by atoms with Crippen LogP contribution in [0.3, 0.4) is 0 Å². The minimum absolute atomic E-state index is 0.0259. The number of hydrogen-bond acceptors (Lipinski definition) is 6. The molecule has 0 bridgehead atoms. The van der Waals surface area contributed by atoms with Gasteiger partial charge in [-0.25, -0.2) is 9.78 Å². The fraction of sp³-hybridized carbons (Fsp3) is 0.0769. The van der Waals surface area contributed by atoms with E-state index in [9.17, 15) is 14.9 Å². The van der Waals surface area contributed by atoms with Crippen molar-refractivity contribution in [1.82, 2.24) is 4.98 Å². The fourth-order valence-corrected chi connectivity index (χ4v) is 1.53. The first-order chi connectivity index (χ1) is 10.0. The van der Waals surface area contributed by atoms with Crippen LogP contribution in [0.1, 0.15) is 10.4 Å². The highest BCUT2D eigenvalue weighted by atomic mass is 16.6. The van der Waals surface area contributed by atoms with Gasteiger partial charge in [0, 0.05) is 18.3 Å². The van der Waals surface area contributed by atoms with E-state index in [-0.39, 0.29) is 28.6 Å². The molecule has 2 rings (SSSR count). The van der Waals surface area contributed by atoms with Crippen molar-refractivity contribution in [3.8, 4) is 17.4 Å². The molecule has 0 saturated carbocycles. The zero-order valence-electron chi connectivity index (χ0n) is 10.8. The first-order valence-electron chi connectivity index (χ1n) is 5.71. The predicted molar refractivity (Wildman–Crippen MR) is 70.9 cm³/mol. The first kappa shape index (κ1) is 14.3. The molecule has 0 fully saturated rings. The fourth-order valence-electron chi connectivity index (χ4n) is 1.53. The number of rotatable bonds is 5. The molecule has 1 aromatic heterocycles. The quantitative estimate of drug-likeness (QED) is 0.664. The number of non-ortho nitro benzene ring substituents is 1. The number of methoxy groups -OCH3 is 1. The summed E-state index contributed by atoms with van der Waals surface area (Å²) >= 11 is 0. The number of carbonyl (C=O) groups is 1. The smallest absolute Gasteiger partial charge is 0.337 e. The lowest BCUT2D eigenvalue weighted by molar-refractivity contribution is -0.384. The normalized spacial score (nSPS) is 9.95. The lowest BCUT2D eigenvalue weighted by Gasteiger charge is -2.09. The zero-order chi connectivity index (χ0) is 15.4. The molecule has 8 nitrogen and oxygen atoms in total. The van der Waals surface area contributed by atoms with Gasteiger partial charge in [0.1, 0.15) is 0 Å². The summed E-state index contributed by atoms with van der Waals surface area (Å²) in [5.74, 6) is -0.541. The molecule has 0 unspecified atom stereocenters. The van der Waals surface area contributed by atoms with Crippen LogP contribution in [0.15, 0.2) is 36.5 Å². The maximum absolute atomic E-state index is 10.7. The van der Waals surface area contributed by atoms with Crippen LogP contribution in [0.25, 0.3) is 0 Å². The van der Waals surface area contributed by atoms with Crippen LogP contribution >= 0.6 is 0 Å². The average Bonchev–Trinajstić information content (AvgIpc) is 2.48. The number of nitrogens with zero attached hydrogens (tertiary/aromatic N) is 2. The summed E-state index contributed by atoms with van der Waals surface area (Å²) in [6.45, 7) is 0. The second kappa shape index (κ2) is 5.87. The summed E-state index contributed by atoms with van der Waals surface area (Å²) in [6.07, 6.45) is 1.15. The molecule has 0 amide bonds. The monoisotopic (exact) mass is 290 g/mol. The summed E-state index contributed by atoms with van der Waals surface area (Å²) in [5, 5.41) is 19.4. The van der Waals surface area contributed by atoms with Gasteiger partial charge in [-0.2, -0.15) is 0 Å². The lowest BCUT2D eigenvalue weighted by atomic mass is 10.3. The zero-order valence-corrected chi connectivity index (χ0v) is 10.8. The van der Waals surface area contributed by atoms with Crippen LogP contribution in [-0.4, -0.2) is 28.1 Å². The molecule has 1 aromatic carbocycles. The van der Waals surface area contributed by atoms with Gasteiger partial charge in [0.2, 0.25) is 5.88 Å². The van der Waals surface area contributed by atoms with Crippen LogP contribution in [0.4, 0.5) is 5.69 Å². The van der Waals surface area contributed by atoms with Crippen molar-refractivity contribution in [2.45, 2.75) is 0 Å². The Morgan fingerprint density at radius 3 is 2.57 bits per heavy atom. The van der Waals surface area contributed by atoms with E-state index in [1.54, 1.807) is 0 Å². The van der Waals surface area contributed by atoms with Crippen molar-refractivity contribution in [2.75, 3.05) is 7.11 Å². The Labute approximate surface area is 118 Å². The maximum atomic E-state index is 10.7. The number of aromatic carboxylic acids is 1. The molecule has 1 N–H and O–H groups in total. The van der Waals surface area contributed by atoms with Gasteiger partial charge in [0.25, 0.3) is 5.69 Å². The van der Waals surface area contributed by atoms with Crippen LogP contribution in [0.5, 0.6) is 17.4 Å². The summed E-state index contributed by atoms with van der Waals surface area (Å²) in [6, 6.07) is 6.58.